The Hall–Kier alpha value is -1.66. The van der Waals surface area contributed by atoms with Crippen molar-refractivity contribution in [1.82, 2.24) is 0 Å². The van der Waals surface area contributed by atoms with E-state index in [1.807, 2.05) is 6.92 Å². The van der Waals surface area contributed by atoms with Crippen molar-refractivity contribution >= 4 is 11.4 Å². The zero-order valence-electron chi connectivity index (χ0n) is 10.9. The van der Waals surface area contributed by atoms with E-state index in [-0.39, 0.29) is 17.8 Å². The molecule has 0 amide bonds. The molecular weight excluding hydrogens is 248 g/mol. The van der Waals surface area contributed by atoms with Crippen molar-refractivity contribution in [3.05, 3.63) is 34.4 Å². The fourth-order valence-corrected chi connectivity index (χ4v) is 1.93. The summed E-state index contributed by atoms with van der Waals surface area (Å²) in [5.74, 6) is 0. The first kappa shape index (κ1) is 13.8. The first-order valence-corrected chi connectivity index (χ1v) is 6.35. The molecule has 0 radical (unpaired) electrons. The number of nitro benzene ring substituents is 1. The number of hydrogen-bond acceptors (Lipinski definition) is 5. The Labute approximate surface area is 111 Å². The molecule has 2 rings (SSSR count). The average molecular weight is 266 g/mol. The molecule has 1 aliphatic heterocycles. The molecule has 0 bridgehead atoms. The summed E-state index contributed by atoms with van der Waals surface area (Å²) >= 11 is 0. The molecule has 0 aromatic heterocycles. The third-order valence-electron chi connectivity index (χ3n) is 2.96. The van der Waals surface area contributed by atoms with Crippen LogP contribution in [0.3, 0.4) is 0 Å². The first-order valence-electron chi connectivity index (χ1n) is 6.35. The minimum absolute atomic E-state index is 0.0950. The number of nitrogens with zero attached hydrogens (tertiary/aromatic N) is 1. The maximum atomic E-state index is 10.5. The predicted molar refractivity (Wildman–Crippen MR) is 71.4 cm³/mol. The van der Waals surface area contributed by atoms with Gasteiger partial charge in [0.15, 0.2) is 0 Å². The second-order valence-corrected chi connectivity index (χ2v) is 4.67. The zero-order valence-corrected chi connectivity index (χ0v) is 10.9. The highest BCUT2D eigenvalue weighted by Crippen LogP contribution is 2.16. The van der Waals surface area contributed by atoms with Crippen molar-refractivity contribution < 1.29 is 14.4 Å². The van der Waals surface area contributed by atoms with Crippen molar-refractivity contribution in [2.75, 3.05) is 25.1 Å². The van der Waals surface area contributed by atoms with Crippen LogP contribution in [0.1, 0.15) is 13.3 Å². The van der Waals surface area contributed by atoms with Gasteiger partial charge in [-0.3, -0.25) is 10.1 Å². The lowest BCUT2D eigenvalue weighted by Gasteiger charge is -2.17. The fraction of sp³-hybridized carbons (Fsp3) is 0.538. The van der Waals surface area contributed by atoms with Crippen LogP contribution in [0.4, 0.5) is 11.4 Å². The van der Waals surface area contributed by atoms with Gasteiger partial charge in [-0.1, -0.05) is 0 Å². The van der Waals surface area contributed by atoms with Crippen LogP contribution in [0.5, 0.6) is 0 Å². The highest BCUT2D eigenvalue weighted by Gasteiger charge is 2.17. The molecule has 6 heteroatoms. The molecule has 1 heterocycles. The maximum absolute atomic E-state index is 10.5. The fourth-order valence-electron chi connectivity index (χ4n) is 1.93. The van der Waals surface area contributed by atoms with E-state index >= 15 is 0 Å². The molecule has 19 heavy (non-hydrogen) atoms. The lowest BCUT2D eigenvalue weighted by Crippen LogP contribution is -2.25. The van der Waals surface area contributed by atoms with E-state index in [1.165, 1.54) is 12.1 Å². The van der Waals surface area contributed by atoms with Gasteiger partial charge in [0.25, 0.3) is 5.69 Å². The maximum Gasteiger partial charge on any atom is 0.269 e. The average Bonchev–Trinajstić information content (AvgIpc) is 2.90. The predicted octanol–water partition coefficient (Wildman–Crippen LogP) is 2.20. The molecule has 1 N–H and O–H groups in total. The third-order valence-corrected chi connectivity index (χ3v) is 2.96. The molecule has 0 saturated carbocycles. The van der Waals surface area contributed by atoms with Crippen LogP contribution >= 0.6 is 0 Å². The number of non-ortho nitro benzene ring substituents is 1. The van der Waals surface area contributed by atoms with E-state index < -0.39 is 4.92 Å². The van der Waals surface area contributed by atoms with Crippen LogP contribution < -0.4 is 5.32 Å². The molecule has 1 aliphatic rings. The largest absolute Gasteiger partial charge is 0.380 e. The SMILES string of the molecule is CC(COC1CCOC1)Nc1ccc([N+](=O)[O-])cc1. The van der Waals surface area contributed by atoms with Gasteiger partial charge in [-0.2, -0.15) is 0 Å². The molecule has 2 atom stereocenters. The molecule has 1 aromatic carbocycles. The summed E-state index contributed by atoms with van der Waals surface area (Å²) in [6.45, 7) is 4.04. The second kappa shape index (κ2) is 6.49. The molecule has 1 aromatic rings. The summed E-state index contributed by atoms with van der Waals surface area (Å²) in [6, 6.07) is 6.52. The number of rotatable bonds is 6. The third kappa shape index (κ3) is 4.18. The quantitative estimate of drug-likeness (QED) is 0.631. The summed E-state index contributed by atoms with van der Waals surface area (Å²) in [5.41, 5.74) is 0.946. The summed E-state index contributed by atoms with van der Waals surface area (Å²) in [5, 5.41) is 13.8. The Kier molecular flexibility index (Phi) is 4.70. The number of anilines is 1. The topological polar surface area (TPSA) is 73.6 Å². The lowest BCUT2D eigenvalue weighted by atomic mass is 10.2. The van der Waals surface area contributed by atoms with Crippen molar-refractivity contribution in [2.24, 2.45) is 0 Å². The van der Waals surface area contributed by atoms with Crippen LogP contribution in [-0.4, -0.2) is 36.9 Å². The Morgan fingerprint density at radius 3 is 2.84 bits per heavy atom. The van der Waals surface area contributed by atoms with E-state index in [1.54, 1.807) is 12.1 Å². The number of hydrogen-bond donors (Lipinski definition) is 1. The zero-order chi connectivity index (χ0) is 13.7. The highest BCUT2D eigenvalue weighted by atomic mass is 16.6. The summed E-state index contributed by atoms with van der Waals surface area (Å²) in [6.07, 6.45) is 1.14. The molecular formula is C13H18N2O4. The number of nitrogens with one attached hydrogen (secondary N) is 1. The molecule has 2 unspecified atom stereocenters. The summed E-state index contributed by atoms with van der Waals surface area (Å²) < 4.78 is 10.9. The second-order valence-electron chi connectivity index (χ2n) is 4.67. The number of benzene rings is 1. The van der Waals surface area contributed by atoms with E-state index in [4.69, 9.17) is 9.47 Å². The Morgan fingerprint density at radius 2 is 2.26 bits per heavy atom. The lowest BCUT2D eigenvalue weighted by molar-refractivity contribution is -0.384. The van der Waals surface area contributed by atoms with Gasteiger partial charge >= 0.3 is 0 Å². The van der Waals surface area contributed by atoms with Crippen LogP contribution in [0.25, 0.3) is 0 Å². The van der Waals surface area contributed by atoms with Crippen LogP contribution in [0.15, 0.2) is 24.3 Å². The smallest absolute Gasteiger partial charge is 0.269 e. The van der Waals surface area contributed by atoms with E-state index in [0.717, 1.165) is 18.7 Å². The van der Waals surface area contributed by atoms with Gasteiger partial charge in [-0.25, -0.2) is 0 Å². The molecule has 104 valence electrons. The standard InChI is InChI=1S/C13H18N2O4/c1-10(8-19-13-6-7-18-9-13)14-11-2-4-12(5-3-11)15(16)17/h2-5,10,13-14H,6-9H2,1H3. The van der Waals surface area contributed by atoms with Gasteiger partial charge in [0, 0.05) is 30.5 Å². The van der Waals surface area contributed by atoms with E-state index in [9.17, 15) is 10.1 Å². The van der Waals surface area contributed by atoms with E-state index in [2.05, 4.69) is 5.32 Å². The number of ether oxygens (including phenoxy) is 2. The van der Waals surface area contributed by atoms with Crippen LogP contribution in [0.2, 0.25) is 0 Å². The monoisotopic (exact) mass is 266 g/mol. The van der Waals surface area contributed by atoms with Gasteiger partial charge < -0.3 is 14.8 Å². The highest BCUT2D eigenvalue weighted by molar-refractivity contribution is 5.48. The van der Waals surface area contributed by atoms with Gasteiger partial charge in [0.1, 0.15) is 0 Å². The van der Waals surface area contributed by atoms with Crippen molar-refractivity contribution in [1.29, 1.82) is 0 Å². The Balaban J connectivity index is 1.77. The number of nitro groups is 1. The van der Waals surface area contributed by atoms with Crippen LogP contribution in [0, 0.1) is 10.1 Å². The summed E-state index contributed by atoms with van der Waals surface area (Å²) in [4.78, 5) is 10.1. The van der Waals surface area contributed by atoms with Crippen molar-refractivity contribution in [3.63, 3.8) is 0 Å². The van der Waals surface area contributed by atoms with Gasteiger partial charge in [0.2, 0.25) is 0 Å². The molecule has 1 saturated heterocycles. The van der Waals surface area contributed by atoms with Crippen molar-refractivity contribution in [3.8, 4) is 0 Å². The molecule has 1 fully saturated rings. The van der Waals surface area contributed by atoms with Gasteiger partial charge in [-0.15, -0.1) is 0 Å². The van der Waals surface area contributed by atoms with Crippen LogP contribution in [-0.2, 0) is 9.47 Å². The Bertz CT molecular complexity index is 415. The van der Waals surface area contributed by atoms with E-state index in [0.29, 0.717) is 13.2 Å². The summed E-state index contributed by atoms with van der Waals surface area (Å²) in [7, 11) is 0. The first-order chi connectivity index (χ1) is 9.15. The van der Waals surface area contributed by atoms with Gasteiger partial charge in [-0.05, 0) is 25.5 Å². The molecule has 0 spiro atoms. The Morgan fingerprint density at radius 1 is 1.53 bits per heavy atom. The normalized spacial score (nSPS) is 20.2. The van der Waals surface area contributed by atoms with Crippen molar-refractivity contribution in [2.45, 2.75) is 25.5 Å². The minimum atomic E-state index is -0.406. The molecule has 6 nitrogen and oxygen atoms in total. The minimum Gasteiger partial charge on any atom is -0.380 e. The van der Waals surface area contributed by atoms with Gasteiger partial charge in [0.05, 0.1) is 24.2 Å². The molecule has 0 aliphatic carbocycles.